The molecular weight excluding hydrogens is 204 g/mol. The molecule has 2 rings (SSSR count). The summed E-state index contributed by atoms with van der Waals surface area (Å²) < 4.78 is 10.4. The van der Waals surface area contributed by atoms with Gasteiger partial charge in [0.15, 0.2) is 0 Å². The highest BCUT2D eigenvalue weighted by atomic mass is 16.5. The minimum absolute atomic E-state index is 0.315. The maximum atomic E-state index is 5.44. The van der Waals surface area contributed by atoms with Gasteiger partial charge in [-0.3, -0.25) is 0 Å². The van der Waals surface area contributed by atoms with Crippen LogP contribution in [0, 0.1) is 6.92 Å². The lowest BCUT2D eigenvalue weighted by atomic mass is 10.1. The topological polar surface area (TPSA) is 61.3 Å². The van der Waals surface area contributed by atoms with E-state index in [-0.39, 0.29) is 0 Å². The first-order chi connectivity index (χ1) is 7.74. The van der Waals surface area contributed by atoms with Crippen LogP contribution in [-0.4, -0.2) is 12.1 Å². The highest BCUT2D eigenvalue weighted by molar-refractivity contribution is 5.61. The SMILES string of the molecule is COc1ccc(-c2coc(CN)n2)cc1C. The molecule has 84 valence electrons. The Morgan fingerprint density at radius 1 is 1.44 bits per heavy atom. The number of methoxy groups -OCH3 is 1. The molecule has 0 atom stereocenters. The van der Waals surface area contributed by atoms with Gasteiger partial charge in [-0.15, -0.1) is 0 Å². The molecule has 1 heterocycles. The Morgan fingerprint density at radius 3 is 2.81 bits per heavy atom. The normalized spacial score (nSPS) is 10.4. The van der Waals surface area contributed by atoms with E-state index in [4.69, 9.17) is 14.9 Å². The fourth-order valence-corrected chi connectivity index (χ4v) is 1.57. The quantitative estimate of drug-likeness (QED) is 0.857. The Balaban J connectivity index is 2.37. The molecule has 0 aliphatic rings. The number of aryl methyl sites for hydroxylation is 1. The molecular formula is C12H14N2O2. The van der Waals surface area contributed by atoms with Crippen LogP contribution in [0.1, 0.15) is 11.5 Å². The largest absolute Gasteiger partial charge is 0.496 e. The molecule has 0 spiro atoms. The number of aromatic nitrogens is 1. The molecule has 0 aliphatic carbocycles. The average Bonchev–Trinajstić information content (AvgIpc) is 2.77. The van der Waals surface area contributed by atoms with E-state index in [9.17, 15) is 0 Å². The second-order valence-corrected chi connectivity index (χ2v) is 3.52. The lowest BCUT2D eigenvalue weighted by molar-refractivity contribution is 0.412. The summed E-state index contributed by atoms with van der Waals surface area (Å²) in [6.07, 6.45) is 1.61. The standard InChI is InChI=1S/C12H14N2O2/c1-8-5-9(3-4-11(8)15-2)10-7-16-12(6-13)14-10/h3-5,7H,6,13H2,1-2H3. The molecule has 0 saturated carbocycles. The van der Waals surface area contributed by atoms with Crippen molar-refractivity contribution in [2.24, 2.45) is 5.73 Å². The van der Waals surface area contributed by atoms with E-state index in [0.29, 0.717) is 12.4 Å². The summed E-state index contributed by atoms with van der Waals surface area (Å²) in [5, 5.41) is 0. The maximum Gasteiger partial charge on any atom is 0.208 e. The predicted molar refractivity (Wildman–Crippen MR) is 61.1 cm³/mol. The number of rotatable bonds is 3. The summed E-state index contributed by atoms with van der Waals surface area (Å²) in [5.74, 6) is 1.41. The van der Waals surface area contributed by atoms with E-state index in [1.54, 1.807) is 13.4 Å². The van der Waals surface area contributed by atoms with Gasteiger partial charge in [0.2, 0.25) is 5.89 Å². The molecule has 2 aromatic rings. The van der Waals surface area contributed by atoms with Crippen molar-refractivity contribution in [2.75, 3.05) is 7.11 Å². The summed E-state index contributed by atoms with van der Waals surface area (Å²) in [6.45, 7) is 2.31. The second-order valence-electron chi connectivity index (χ2n) is 3.52. The van der Waals surface area contributed by atoms with E-state index in [2.05, 4.69) is 4.98 Å². The van der Waals surface area contributed by atoms with Gasteiger partial charge in [0.1, 0.15) is 17.7 Å². The molecule has 0 amide bonds. The third-order valence-electron chi connectivity index (χ3n) is 2.42. The molecule has 0 bridgehead atoms. The van der Waals surface area contributed by atoms with E-state index in [1.165, 1.54) is 0 Å². The molecule has 4 nitrogen and oxygen atoms in total. The van der Waals surface area contributed by atoms with Crippen molar-refractivity contribution >= 4 is 0 Å². The molecule has 0 radical (unpaired) electrons. The van der Waals surface area contributed by atoms with Gasteiger partial charge in [0.25, 0.3) is 0 Å². The van der Waals surface area contributed by atoms with Gasteiger partial charge >= 0.3 is 0 Å². The molecule has 0 unspecified atom stereocenters. The van der Waals surface area contributed by atoms with Crippen molar-refractivity contribution in [3.05, 3.63) is 35.9 Å². The summed E-state index contributed by atoms with van der Waals surface area (Å²) in [7, 11) is 1.66. The fraction of sp³-hybridized carbons (Fsp3) is 0.250. The van der Waals surface area contributed by atoms with Crippen molar-refractivity contribution in [3.63, 3.8) is 0 Å². The van der Waals surface area contributed by atoms with Crippen LogP contribution in [0.25, 0.3) is 11.3 Å². The van der Waals surface area contributed by atoms with Crippen molar-refractivity contribution in [1.82, 2.24) is 4.98 Å². The zero-order chi connectivity index (χ0) is 11.5. The monoisotopic (exact) mass is 218 g/mol. The van der Waals surface area contributed by atoms with Gasteiger partial charge in [-0.2, -0.15) is 0 Å². The van der Waals surface area contributed by atoms with Gasteiger partial charge in [-0.25, -0.2) is 4.98 Å². The van der Waals surface area contributed by atoms with Gasteiger partial charge in [0, 0.05) is 5.56 Å². The highest BCUT2D eigenvalue weighted by Gasteiger charge is 2.06. The van der Waals surface area contributed by atoms with Crippen molar-refractivity contribution < 1.29 is 9.15 Å². The van der Waals surface area contributed by atoms with E-state index >= 15 is 0 Å². The Hall–Kier alpha value is -1.81. The van der Waals surface area contributed by atoms with Crippen LogP contribution in [0.15, 0.2) is 28.9 Å². The Labute approximate surface area is 94.1 Å². The van der Waals surface area contributed by atoms with Crippen LogP contribution in [0.5, 0.6) is 5.75 Å². The van der Waals surface area contributed by atoms with E-state index < -0.39 is 0 Å². The molecule has 4 heteroatoms. The Kier molecular flexibility index (Phi) is 2.92. The second kappa shape index (κ2) is 4.37. The summed E-state index contributed by atoms with van der Waals surface area (Å²) in [4.78, 5) is 4.26. The van der Waals surface area contributed by atoms with Crippen molar-refractivity contribution in [1.29, 1.82) is 0 Å². The van der Waals surface area contributed by atoms with Gasteiger partial charge in [-0.1, -0.05) is 0 Å². The molecule has 1 aromatic carbocycles. The number of oxazole rings is 1. The minimum Gasteiger partial charge on any atom is -0.496 e. The number of benzene rings is 1. The predicted octanol–water partition coefficient (Wildman–Crippen LogP) is 2.12. The Bertz CT molecular complexity index is 492. The minimum atomic E-state index is 0.315. The summed E-state index contributed by atoms with van der Waals surface area (Å²) >= 11 is 0. The van der Waals surface area contributed by atoms with Gasteiger partial charge in [0.05, 0.1) is 13.7 Å². The summed E-state index contributed by atoms with van der Waals surface area (Å²) in [5.41, 5.74) is 8.31. The van der Waals surface area contributed by atoms with Crippen LogP contribution >= 0.6 is 0 Å². The van der Waals surface area contributed by atoms with Crippen LogP contribution in [0.4, 0.5) is 0 Å². The highest BCUT2D eigenvalue weighted by Crippen LogP contribution is 2.25. The molecule has 0 aliphatic heterocycles. The Morgan fingerprint density at radius 2 is 2.25 bits per heavy atom. The molecule has 0 fully saturated rings. The van der Waals surface area contributed by atoms with Crippen molar-refractivity contribution in [2.45, 2.75) is 13.5 Å². The molecule has 2 N–H and O–H groups in total. The number of hydrogen-bond acceptors (Lipinski definition) is 4. The lowest BCUT2D eigenvalue weighted by Crippen LogP contribution is -1.95. The molecule has 1 aromatic heterocycles. The van der Waals surface area contributed by atoms with Crippen LogP contribution in [0.2, 0.25) is 0 Å². The smallest absolute Gasteiger partial charge is 0.208 e. The number of ether oxygens (including phenoxy) is 1. The first kappa shape index (κ1) is 10.7. The first-order valence-corrected chi connectivity index (χ1v) is 5.04. The number of hydrogen-bond donors (Lipinski definition) is 1. The van der Waals surface area contributed by atoms with Crippen LogP contribution in [-0.2, 0) is 6.54 Å². The third kappa shape index (κ3) is 1.92. The number of nitrogens with zero attached hydrogens (tertiary/aromatic N) is 1. The van der Waals surface area contributed by atoms with Gasteiger partial charge in [-0.05, 0) is 30.7 Å². The molecule has 16 heavy (non-hydrogen) atoms. The van der Waals surface area contributed by atoms with Crippen LogP contribution < -0.4 is 10.5 Å². The van der Waals surface area contributed by atoms with E-state index in [0.717, 1.165) is 22.6 Å². The lowest BCUT2D eigenvalue weighted by Gasteiger charge is -2.05. The summed E-state index contributed by atoms with van der Waals surface area (Å²) in [6, 6.07) is 5.88. The zero-order valence-corrected chi connectivity index (χ0v) is 9.36. The van der Waals surface area contributed by atoms with E-state index in [1.807, 2.05) is 25.1 Å². The first-order valence-electron chi connectivity index (χ1n) is 5.04. The fourth-order valence-electron chi connectivity index (χ4n) is 1.57. The average molecular weight is 218 g/mol. The van der Waals surface area contributed by atoms with Crippen molar-refractivity contribution in [3.8, 4) is 17.0 Å². The van der Waals surface area contributed by atoms with Crippen LogP contribution in [0.3, 0.4) is 0 Å². The maximum absolute atomic E-state index is 5.44. The molecule has 0 saturated heterocycles. The van der Waals surface area contributed by atoms with Gasteiger partial charge < -0.3 is 14.9 Å². The zero-order valence-electron chi connectivity index (χ0n) is 9.36. The third-order valence-corrected chi connectivity index (χ3v) is 2.42. The number of nitrogens with two attached hydrogens (primary N) is 1.